The third-order valence-corrected chi connectivity index (χ3v) is 2.75. The molecule has 0 saturated carbocycles. The maximum Gasteiger partial charge on any atom is 0.335 e. The van der Waals surface area contributed by atoms with E-state index in [9.17, 15) is 9.59 Å². The van der Waals surface area contributed by atoms with Crippen LogP contribution in [0.25, 0.3) is 0 Å². The second-order valence-electron chi connectivity index (χ2n) is 4.25. The molecule has 5 nitrogen and oxygen atoms in total. The number of carbonyl (C=O) groups is 2. The Morgan fingerprint density at radius 3 is 2.45 bits per heavy atom. The van der Waals surface area contributed by atoms with Gasteiger partial charge in [-0.1, -0.05) is 6.07 Å². The van der Waals surface area contributed by atoms with Crippen LogP contribution in [0.4, 0.5) is 5.69 Å². The number of amides is 1. The van der Waals surface area contributed by atoms with Crippen molar-refractivity contribution in [3.8, 4) is 0 Å². The minimum absolute atomic E-state index is 0.126. The lowest BCUT2D eigenvalue weighted by molar-refractivity contribution is -0.116. The number of carboxylic acids is 1. The topological polar surface area (TPSA) is 79.3 Å². The van der Waals surface area contributed by atoms with Gasteiger partial charge in [-0.3, -0.25) is 9.78 Å². The van der Waals surface area contributed by atoms with Gasteiger partial charge in [-0.25, -0.2) is 4.79 Å². The summed E-state index contributed by atoms with van der Waals surface area (Å²) in [7, 11) is 0. The monoisotopic (exact) mass is 270 g/mol. The van der Waals surface area contributed by atoms with E-state index >= 15 is 0 Å². The van der Waals surface area contributed by atoms with Gasteiger partial charge in [0.25, 0.3) is 0 Å². The summed E-state index contributed by atoms with van der Waals surface area (Å²) in [6, 6.07) is 11.6. The summed E-state index contributed by atoms with van der Waals surface area (Å²) in [4.78, 5) is 26.6. The molecule has 0 fully saturated rings. The van der Waals surface area contributed by atoms with Crippen LogP contribution in [0.15, 0.2) is 48.7 Å². The van der Waals surface area contributed by atoms with E-state index in [-0.39, 0.29) is 11.5 Å². The highest BCUT2D eigenvalue weighted by atomic mass is 16.4. The lowest BCUT2D eigenvalue weighted by Crippen LogP contribution is -2.12. The van der Waals surface area contributed by atoms with Crippen molar-refractivity contribution in [1.82, 2.24) is 4.98 Å². The molecule has 0 spiro atoms. The smallest absolute Gasteiger partial charge is 0.335 e. The lowest BCUT2D eigenvalue weighted by atomic mass is 10.2. The zero-order chi connectivity index (χ0) is 14.4. The van der Waals surface area contributed by atoms with Crippen molar-refractivity contribution in [1.29, 1.82) is 0 Å². The quantitative estimate of drug-likeness (QED) is 0.874. The molecule has 0 aliphatic heterocycles. The molecule has 0 bridgehead atoms. The maximum atomic E-state index is 11.7. The fourth-order valence-corrected chi connectivity index (χ4v) is 1.71. The van der Waals surface area contributed by atoms with Gasteiger partial charge in [-0.2, -0.15) is 0 Å². The highest BCUT2D eigenvalue weighted by molar-refractivity contribution is 5.92. The zero-order valence-electron chi connectivity index (χ0n) is 10.7. The molecule has 2 aromatic rings. The molecule has 102 valence electrons. The summed E-state index contributed by atoms with van der Waals surface area (Å²) in [5.74, 6) is -1.11. The standard InChI is InChI=1S/C15H14N2O3/c18-14(9-8-12-3-1-2-10-16-12)17-13-6-4-11(5-7-13)15(19)20/h1-7,10H,8-9H2,(H,17,18)(H,19,20). The van der Waals surface area contributed by atoms with Crippen LogP contribution in [0.1, 0.15) is 22.5 Å². The Morgan fingerprint density at radius 2 is 1.85 bits per heavy atom. The highest BCUT2D eigenvalue weighted by Crippen LogP contribution is 2.10. The number of hydrogen-bond acceptors (Lipinski definition) is 3. The van der Waals surface area contributed by atoms with E-state index in [0.717, 1.165) is 5.69 Å². The average molecular weight is 270 g/mol. The molecule has 2 rings (SSSR count). The van der Waals surface area contributed by atoms with Crippen LogP contribution in [0.5, 0.6) is 0 Å². The molecule has 20 heavy (non-hydrogen) atoms. The summed E-state index contributed by atoms with van der Waals surface area (Å²) < 4.78 is 0. The van der Waals surface area contributed by atoms with Crippen molar-refractivity contribution < 1.29 is 14.7 Å². The molecule has 1 amide bonds. The number of aromatic carboxylic acids is 1. The summed E-state index contributed by atoms with van der Waals surface area (Å²) in [6.45, 7) is 0. The van der Waals surface area contributed by atoms with E-state index in [1.165, 1.54) is 12.1 Å². The Kier molecular flexibility index (Phi) is 4.44. The highest BCUT2D eigenvalue weighted by Gasteiger charge is 2.05. The first kappa shape index (κ1) is 13.7. The number of nitrogens with zero attached hydrogens (tertiary/aromatic N) is 1. The molecule has 0 radical (unpaired) electrons. The van der Waals surface area contributed by atoms with Crippen LogP contribution in [-0.4, -0.2) is 22.0 Å². The Labute approximate surface area is 116 Å². The minimum atomic E-state index is -0.988. The first-order valence-corrected chi connectivity index (χ1v) is 6.18. The van der Waals surface area contributed by atoms with Crippen molar-refractivity contribution in [3.63, 3.8) is 0 Å². The van der Waals surface area contributed by atoms with Gasteiger partial charge in [0.2, 0.25) is 5.91 Å². The third kappa shape index (κ3) is 3.91. The van der Waals surface area contributed by atoms with Crippen molar-refractivity contribution >= 4 is 17.6 Å². The fourth-order valence-electron chi connectivity index (χ4n) is 1.71. The number of nitrogens with one attached hydrogen (secondary N) is 1. The van der Waals surface area contributed by atoms with E-state index in [1.54, 1.807) is 18.3 Å². The van der Waals surface area contributed by atoms with Gasteiger partial charge in [0, 0.05) is 24.0 Å². The molecule has 1 aromatic heterocycles. The maximum absolute atomic E-state index is 11.7. The van der Waals surface area contributed by atoms with Crippen molar-refractivity contribution in [2.45, 2.75) is 12.8 Å². The Bertz CT molecular complexity index is 594. The molecule has 0 atom stereocenters. The van der Waals surface area contributed by atoms with E-state index in [2.05, 4.69) is 10.3 Å². The average Bonchev–Trinajstić information content (AvgIpc) is 2.47. The van der Waals surface area contributed by atoms with Gasteiger partial charge in [-0.15, -0.1) is 0 Å². The second-order valence-corrected chi connectivity index (χ2v) is 4.25. The van der Waals surface area contributed by atoms with E-state index in [4.69, 9.17) is 5.11 Å². The number of pyridine rings is 1. The molecule has 0 saturated heterocycles. The molecule has 0 unspecified atom stereocenters. The molecular weight excluding hydrogens is 256 g/mol. The Hall–Kier alpha value is -2.69. The first-order chi connectivity index (χ1) is 9.65. The molecule has 1 heterocycles. The number of aryl methyl sites for hydroxylation is 1. The zero-order valence-corrected chi connectivity index (χ0v) is 10.7. The summed E-state index contributed by atoms with van der Waals surface area (Å²) in [5, 5.41) is 11.5. The molecule has 5 heteroatoms. The van der Waals surface area contributed by atoms with Crippen LogP contribution >= 0.6 is 0 Å². The van der Waals surface area contributed by atoms with Crippen LogP contribution in [0.2, 0.25) is 0 Å². The fraction of sp³-hybridized carbons (Fsp3) is 0.133. The number of aromatic nitrogens is 1. The predicted molar refractivity (Wildman–Crippen MR) is 74.6 cm³/mol. The van der Waals surface area contributed by atoms with Crippen molar-refractivity contribution in [2.24, 2.45) is 0 Å². The van der Waals surface area contributed by atoms with Crippen LogP contribution in [0, 0.1) is 0 Å². The van der Waals surface area contributed by atoms with Crippen LogP contribution < -0.4 is 5.32 Å². The molecular formula is C15H14N2O3. The van der Waals surface area contributed by atoms with Gasteiger partial charge < -0.3 is 10.4 Å². The second kappa shape index (κ2) is 6.47. The third-order valence-electron chi connectivity index (χ3n) is 2.75. The number of anilines is 1. The number of rotatable bonds is 5. The normalized spacial score (nSPS) is 10.0. The van der Waals surface area contributed by atoms with E-state index in [1.807, 2.05) is 18.2 Å². The van der Waals surface area contributed by atoms with Gasteiger partial charge in [-0.05, 0) is 42.8 Å². The number of benzene rings is 1. The molecule has 0 aliphatic rings. The molecule has 0 aliphatic carbocycles. The van der Waals surface area contributed by atoms with Gasteiger partial charge in [0.05, 0.1) is 5.56 Å². The van der Waals surface area contributed by atoms with Gasteiger partial charge in [0.15, 0.2) is 0 Å². The molecule has 2 N–H and O–H groups in total. The Morgan fingerprint density at radius 1 is 1.10 bits per heavy atom. The molecule has 1 aromatic carbocycles. The predicted octanol–water partition coefficient (Wildman–Crippen LogP) is 2.35. The minimum Gasteiger partial charge on any atom is -0.478 e. The SMILES string of the molecule is O=C(CCc1ccccn1)Nc1ccc(C(=O)O)cc1. The van der Waals surface area contributed by atoms with Crippen molar-refractivity contribution in [3.05, 3.63) is 59.9 Å². The summed E-state index contributed by atoms with van der Waals surface area (Å²) in [6.07, 6.45) is 2.59. The largest absolute Gasteiger partial charge is 0.478 e. The summed E-state index contributed by atoms with van der Waals surface area (Å²) >= 11 is 0. The Balaban J connectivity index is 1.86. The van der Waals surface area contributed by atoms with E-state index < -0.39 is 5.97 Å². The van der Waals surface area contributed by atoms with E-state index in [0.29, 0.717) is 18.5 Å². The first-order valence-electron chi connectivity index (χ1n) is 6.18. The van der Waals surface area contributed by atoms with Crippen molar-refractivity contribution in [2.75, 3.05) is 5.32 Å². The lowest BCUT2D eigenvalue weighted by Gasteiger charge is -2.05. The summed E-state index contributed by atoms with van der Waals surface area (Å²) in [5.41, 5.74) is 1.64. The van der Waals surface area contributed by atoms with Crippen LogP contribution in [-0.2, 0) is 11.2 Å². The van der Waals surface area contributed by atoms with Crippen LogP contribution in [0.3, 0.4) is 0 Å². The van der Waals surface area contributed by atoms with Gasteiger partial charge >= 0.3 is 5.97 Å². The number of carboxylic acid groups (broad SMARTS) is 1. The number of hydrogen-bond donors (Lipinski definition) is 2. The van der Waals surface area contributed by atoms with Gasteiger partial charge in [0.1, 0.15) is 0 Å². The number of carbonyl (C=O) groups excluding carboxylic acids is 1.